The average Bonchev–Trinajstić information content (AvgIpc) is 3.12. The Bertz CT molecular complexity index is 1450. The molecular weight excluding hydrogens is 452 g/mol. The fourth-order valence-corrected chi connectivity index (χ4v) is 4.30. The Morgan fingerprint density at radius 1 is 1.06 bits per heavy atom. The molecular formula is C29H32N4O3. The number of hydrogen-bond donors (Lipinski definition) is 1. The van der Waals surface area contributed by atoms with Crippen LogP contribution in [0.3, 0.4) is 0 Å². The smallest absolute Gasteiger partial charge is 0.147 e. The molecule has 0 aliphatic rings. The number of nitrogen functional groups attached to an aromatic ring is 1. The van der Waals surface area contributed by atoms with Crippen LogP contribution in [0.25, 0.3) is 16.7 Å². The number of anilines is 1. The van der Waals surface area contributed by atoms with Crippen LogP contribution in [-0.4, -0.2) is 22.8 Å². The molecule has 0 fully saturated rings. The second kappa shape index (κ2) is 10.3. The fourth-order valence-electron chi connectivity index (χ4n) is 4.30. The van der Waals surface area contributed by atoms with Crippen molar-refractivity contribution in [2.24, 2.45) is 0 Å². The van der Waals surface area contributed by atoms with Crippen molar-refractivity contribution in [3.8, 4) is 23.3 Å². The minimum atomic E-state index is 0.0937. The number of aromatic nitrogens is 2. The van der Waals surface area contributed by atoms with E-state index < -0.39 is 0 Å². The summed E-state index contributed by atoms with van der Waals surface area (Å²) in [6.07, 6.45) is 0.0937. The van der Waals surface area contributed by atoms with Gasteiger partial charge in [0, 0.05) is 16.6 Å². The largest absolute Gasteiger partial charge is 0.497 e. The first-order valence-electron chi connectivity index (χ1n) is 11.9. The summed E-state index contributed by atoms with van der Waals surface area (Å²) in [4.78, 5) is 4.88. The third-order valence-corrected chi connectivity index (χ3v) is 6.32. The maximum absolute atomic E-state index is 9.96. The zero-order valence-corrected chi connectivity index (χ0v) is 21.7. The topological polar surface area (TPSA) is 95.3 Å². The van der Waals surface area contributed by atoms with Crippen molar-refractivity contribution in [3.05, 3.63) is 76.0 Å². The highest BCUT2D eigenvalue weighted by Gasteiger charge is 2.22. The molecule has 0 radical (unpaired) electrons. The number of hydrogen-bond acceptors (Lipinski definition) is 6. The summed E-state index contributed by atoms with van der Waals surface area (Å²) in [6, 6.07) is 16.0. The maximum atomic E-state index is 9.96. The minimum absolute atomic E-state index is 0.0937. The lowest BCUT2D eigenvalue weighted by Gasteiger charge is -2.18. The van der Waals surface area contributed by atoms with Crippen molar-refractivity contribution in [3.63, 3.8) is 0 Å². The molecule has 4 aromatic rings. The van der Waals surface area contributed by atoms with Crippen LogP contribution < -0.4 is 15.2 Å². The number of rotatable bonds is 8. The van der Waals surface area contributed by atoms with Crippen LogP contribution in [0.5, 0.6) is 11.5 Å². The zero-order chi connectivity index (χ0) is 26.0. The Kier molecular flexibility index (Phi) is 7.18. The van der Waals surface area contributed by atoms with E-state index in [4.69, 9.17) is 24.9 Å². The molecule has 0 saturated carbocycles. The van der Waals surface area contributed by atoms with E-state index in [1.807, 2.05) is 81.7 Å². The first-order valence-corrected chi connectivity index (χ1v) is 11.9. The van der Waals surface area contributed by atoms with Gasteiger partial charge in [-0.3, -0.25) is 4.57 Å². The van der Waals surface area contributed by atoms with Crippen molar-refractivity contribution in [1.29, 1.82) is 5.26 Å². The third kappa shape index (κ3) is 4.73. The van der Waals surface area contributed by atoms with Gasteiger partial charge in [-0.05, 0) is 75.6 Å². The Balaban J connectivity index is 1.78. The summed E-state index contributed by atoms with van der Waals surface area (Å²) >= 11 is 0. The molecule has 4 rings (SSSR count). The second-order valence-electron chi connectivity index (χ2n) is 9.16. The number of benzene rings is 2. The summed E-state index contributed by atoms with van der Waals surface area (Å²) in [6.45, 7) is 10.8. The van der Waals surface area contributed by atoms with E-state index in [0.717, 1.165) is 45.1 Å². The highest BCUT2D eigenvalue weighted by molar-refractivity contribution is 5.92. The Morgan fingerprint density at radius 2 is 1.78 bits per heavy atom. The lowest BCUT2D eigenvalue weighted by molar-refractivity contribution is 0.0653. The molecule has 2 aromatic carbocycles. The van der Waals surface area contributed by atoms with E-state index in [-0.39, 0.29) is 6.10 Å². The number of ether oxygens (including phenoxy) is 3. The molecule has 36 heavy (non-hydrogen) atoms. The van der Waals surface area contributed by atoms with Crippen LogP contribution in [0.1, 0.15) is 47.4 Å². The van der Waals surface area contributed by atoms with E-state index in [9.17, 15) is 5.26 Å². The highest BCUT2D eigenvalue weighted by atomic mass is 16.5. The Labute approximate surface area is 212 Å². The number of nitrogens with zero attached hydrogens (tertiary/aromatic N) is 3. The molecule has 0 saturated heterocycles. The molecule has 2 aromatic heterocycles. The number of pyridine rings is 1. The Morgan fingerprint density at radius 3 is 2.42 bits per heavy atom. The van der Waals surface area contributed by atoms with E-state index in [1.165, 1.54) is 0 Å². The lowest BCUT2D eigenvalue weighted by atomic mass is 10.1. The van der Waals surface area contributed by atoms with E-state index in [2.05, 4.69) is 6.07 Å². The van der Waals surface area contributed by atoms with Crippen LogP contribution in [-0.2, 0) is 18.0 Å². The minimum Gasteiger partial charge on any atom is -0.497 e. The van der Waals surface area contributed by atoms with Crippen LogP contribution in [0, 0.1) is 32.1 Å². The van der Waals surface area contributed by atoms with Gasteiger partial charge in [0.05, 0.1) is 25.5 Å². The number of nitriles is 1. The van der Waals surface area contributed by atoms with E-state index >= 15 is 0 Å². The van der Waals surface area contributed by atoms with Gasteiger partial charge in [-0.2, -0.15) is 5.26 Å². The average molecular weight is 485 g/mol. The standard InChI is InChI=1S/C29H32N4O3/c1-17(2)35-16-22-13-24-25(14-30)28(31)33(29(24)32-20(22)5)27-18(3)7-12-26(19(27)4)36-15-21-8-10-23(34-6)11-9-21/h7-13,17H,15-16,31H2,1-6H3. The van der Waals surface area contributed by atoms with Crippen LogP contribution in [0.2, 0.25) is 0 Å². The fraction of sp³-hybridized carbons (Fsp3) is 0.310. The maximum Gasteiger partial charge on any atom is 0.147 e. The number of fused-ring (bicyclic) bond motifs is 1. The first-order chi connectivity index (χ1) is 17.2. The van der Waals surface area contributed by atoms with Crippen molar-refractivity contribution in [2.75, 3.05) is 12.8 Å². The van der Waals surface area contributed by atoms with Crippen LogP contribution in [0.4, 0.5) is 5.82 Å². The summed E-state index contributed by atoms with van der Waals surface area (Å²) in [5.74, 6) is 1.90. The van der Waals surface area contributed by atoms with Crippen molar-refractivity contribution in [1.82, 2.24) is 9.55 Å². The SMILES string of the molecule is COc1ccc(COc2ccc(C)c(-n3c(N)c(C#N)c4cc(COC(C)C)c(C)nc43)c2C)cc1. The molecule has 0 unspecified atom stereocenters. The van der Waals surface area contributed by atoms with Crippen LogP contribution in [0.15, 0.2) is 42.5 Å². The quantitative estimate of drug-likeness (QED) is 0.334. The van der Waals surface area contributed by atoms with Gasteiger partial charge < -0.3 is 19.9 Å². The molecule has 0 spiro atoms. The van der Waals surface area contributed by atoms with Crippen molar-refractivity contribution in [2.45, 2.75) is 53.9 Å². The molecule has 7 nitrogen and oxygen atoms in total. The Hall–Kier alpha value is -4.02. The summed E-state index contributed by atoms with van der Waals surface area (Å²) in [5, 5.41) is 10.7. The normalized spacial score (nSPS) is 11.2. The summed E-state index contributed by atoms with van der Waals surface area (Å²) < 4.78 is 19.1. The van der Waals surface area contributed by atoms with Gasteiger partial charge in [0.2, 0.25) is 0 Å². The molecule has 2 heterocycles. The van der Waals surface area contributed by atoms with Gasteiger partial charge in [-0.25, -0.2) is 4.98 Å². The monoisotopic (exact) mass is 484 g/mol. The molecule has 0 aliphatic heterocycles. The van der Waals surface area contributed by atoms with Crippen molar-refractivity contribution < 1.29 is 14.2 Å². The number of aryl methyl sites for hydroxylation is 2. The van der Waals surface area contributed by atoms with Gasteiger partial charge in [0.25, 0.3) is 0 Å². The number of methoxy groups -OCH3 is 1. The molecule has 0 atom stereocenters. The highest BCUT2D eigenvalue weighted by Crippen LogP contribution is 2.36. The summed E-state index contributed by atoms with van der Waals surface area (Å²) in [5.41, 5.74) is 13.2. The molecule has 186 valence electrons. The van der Waals surface area contributed by atoms with Gasteiger partial charge in [-0.1, -0.05) is 18.2 Å². The van der Waals surface area contributed by atoms with Gasteiger partial charge >= 0.3 is 0 Å². The number of nitrogens with two attached hydrogens (primary N) is 1. The predicted molar refractivity (Wildman–Crippen MR) is 142 cm³/mol. The summed E-state index contributed by atoms with van der Waals surface area (Å²) in [7, 11) is 1.65. The molecule has 0 aliphatic carbocycles. The molecule has 0 amide bonds. The molecule has 0 bridgehead atoms. The van der Waals surface area contributed by atoms with Crippen molar-refractivity contribution >= 4 is 16.9 Å². The van der Waals surface area contributed by atoms with Gasteiger partial charge in [0.15, 0.2) is 0 Å². The molecule has 2 N–H and O–H groups in total. The predicted octanol–water partition coefficient (Wildman–Crippen LogP) is 5.92. The third-order valence-electron chi connectivity index (χ3n) is 6.32. The molecule has 7 heteroatoms. The van der Waals surface area contributed by atoms with Gasteiger partial charge in [-0.15, -0.1) is 0 Å². The lowest BCUT2D eigenvalue weighted by Crippen LogP contribution is -2.08. The van der Waals surface area contributed by atoms with Crippen LogP contribution >= 0.6 is 0 Å². The second-order valence-corrected chi connectivity index (χ2v) is 9.16. The van der Waals surface area contributed by atoms with E-state index in [1.54, 1.807) is 7.11 Å². The van der Waals surface area contributed by atoms with Gasteiger partial charge in [0.1, 0.15) is 41.2 Å². The van der Waals surface area contributed by atoms with E-state index in [0.29, 0.717) is 35.6 Å². The zero-order valence-electron chi connectivity index (χ0n) is 21.7. The first kappa shape index (κ1) is 25.1.